The van der Waals surface area contributed by atoms with Crippen LogP contribution < -0.4 is 10.5 Å². The summed E-state index contributed by atoms with van der Waals surface area (Å²) in [6.07, 6.45) is 1.01. The molecule has 1 aliphatic heterocycles. The molecule has 170 valence electrons. The molecule has 0 spiro atoms. The standard InChI is InChI=1S/C19H31N5O4S.HI/c1-4-28-14-16-9-10-24(13-16)19(22-12-18(25)23(2)3)21-11-15-5-7-17(8-6-15)29(20,26)27;/h5-8,16H,4,9-14H2,1-3H3,(H,21,22)(H2,20,26,27);1H. The van der Waals surface area contributed by atoms with Crippen LogP contribution in [0, 0.1) is 5.92 Å². The van der Waals surface area contributed by atoms with Gasteiger partial charge in [-0.1, -0.05) is 12.1 Å². The molecule has 1 atom stereocenters. The summed E-state index contributed by atoms with van der Waals surface area (Å²) in [7, 11) is -0.294. The van der Waals surface area contributed by atoms with Crippen LogP contribution in [-0.2, 0) is 26.1 Å². The number of likely N-dealkylation sites (tertiary alicyclic amines) is 1. The number of hydrogen-bond acceptors (Lipinski definition) is 5. The molecule has 1 aromatic rings. The molecule has 1 aromatic carbocycles. The first-order valence-electron chi connectivity index (χ1n) is 9.63. The molecule has 0 radical (unpaired) electrons. The fraction of sp³-hybridized carbons (Fsp3) is 0.579. The van der Waals surface area contributed by atoms with Crippen molar-refractivity contribution in [1.29, 1.82) is 0 Å². The van der Waals surface area contributed by atoms with Crippen LogP contribution in [0.3, 0.4) is 0 Å². The Morgan fingerprint density at radius 1 is 1.33 bits per heavy atom. The van der Waals surface area contributed by atoms with Crippen LogP contribution in [0.1, 0.15) is 18.9 Å². The Bertz CT molecular complexity index is 815. The van der Waals surface area contributed by atoms with Gasteiger partial charge in [0.05, 0.1) is 24.6 Å². The van der Waals surface area contributed by atoms with Gasteiger partial charge in [0, 0.05) is 39.7 Å². The van der Waals surface area contributed by atoms with E-state index in [1.165, 1.54) is 17.0 Å². The summed E-state index contributed by atoms with van der Waals surface area (Å²) >= 11 is 0. The van der Waals surface area contributed by atoms with Crippen molar-refractivity contribution in [3.8, 4) is 0 Å². The van der Waals surface area contributed by atoms with Crippen LogP contribution in [-0.4, -0.2) is 77.0 Å². The molecule has 0 bridgehead atoms. The number of benzene rings is 1. The molecule has 1 saturated heterocycles. The van der Waals surface area contributed by atoms with E-state index < -0.39 is 10.0 Å². The van der Waals surface area contributed by atoms with Crippen molar-refractivity contribution >= 4 is 45.9 Å². The minimum Gasteiger partial charge on any atom is -0.381 e. The van der Waals surface area contributed by atoms with Gasteiger partial charge in [0.1, 0.15) is 0 Å². The normalized spacial score (nSPS) is 16.9. The van der Waals surface area contributed by atoms with Crippen molar-refractivity contribution in [3.63, 3.8) is 0 Å². The molecule has 11 heteroatoms. The topological polar surface area (TPSA) is 117 Å². The molecular formula is C19H32IN5O4S. The van der Waals surface area contributed by atoms with Crippen LogP contribution in [0.15, 0.2) is 34.2 Å². The molecule has 1 heterocycles. The van der Waals surface area contributed by atoms with E-state index in [0.29, 0.717) is 31.6 Å². The first-order chi connectivity index (χ1) is 13.7. The van der Waals surface area contributed by atoms with Gasteiger partial charge in [0.2, 0.25) is 15.9 Å². The van der Waals surface area contributed by atoms with Crippen molar-refractivity contribution in [2.45, 2.75) is 24.8 Å². The monoisotopic (exact) mass is 553 g/mol. The second-order valence-electron chi connectivity index (χ2n) is 7.23. The number of nitrogens with one attached hydrogen (secondary N) is 1. The average Bonchev–Trinajstić information content (AvgIpc) is 3.14. The summed E-state index contributed by atoms with van der Waals surface area (Å²) in [4.78, 5) is 20.4. The zero-order valence-corrected chi connectivity index (χ0v) is 20.9. The van der Waals surface area contributed by atoms with Gasteiger partial charge in [-0.25, -0.2) is 18.5 Å². The number of halogens is 1. The number of amides is 1. The maximum atomic E-state index is 12.0. The van der Waals surface area contributed by atoms with Gasteiger partial charge in [-0.2, -0.15) is 0 Å². The van der Waals surface area contributed by atoms with Gasteiger partial charge in [-0.15, -0.1) is 24.0 Å². The lowest BCUT2D eigenvalue weighted by Gasteiger charge is -2.23. The number of hydrogen-bond donors (Lipinski definition) is 2. The van der Waals surface area contributed by atoms with Crippen molar-refractivity contribution in [3.05, 3.63) is 29.8 Å². The number of rotatable bonds is 8. The summed E-state index contributed by atoms with van der Waals surface area (Å²) in [6, 6.07) is 6.31. The molecule has 0 aromatic heterocycles. The zero-order valence-electron chi connectivity index (χ0n) is 17.7. The third kappa shape index (κ3) is 8.36. The van der Waals surface area contributed by atoms with Gasteiger partial charge in [0.25, 0.3) is 0 Å². The molecule has 30 heavy (non-hydrogen) atoms. The number of nitrogens with two attached hydrogens (primary N) is 1. The van der Waals surface area contributed by atoms with E-state index in [-0.39, 0.29) is 41.3 Å². The van der Waals surface area contributed by atoms with E-state index in [1.807, 2.05) is 6.92 Å². The molecular weight excluding hydrogens is 521 g/mol. The van der Waals surface area contributed by atoms with Gasteiger partial charge in [0.15, 0.2) is 5.96 Å². The first kappa shape index (κ1) is 26.6. The lowest BCUT2D eigenvalue weighted by atomic mass is 10.1. The molecule has 1 amide bonds. The van der Waals surface area contributed by atoms with Gasteiger partial charge >= 0.3 is 0 Å². The maximum Gasteiger partial charge on any atom is 0.241 e. The smallest absolute Gasteiger partial charge is 0.241 e. The van der Waals surface area contributed by atoms with Crippen molar-refractivity contribution in [2.75, 3.05) is 46.9 Å². The van der Waals surface area contributed by atoms with E-state index >= 15 is 0 Å². The quantitative estimate of drug-likeness (QED) is 0.280. The first-order valence-corrected chi connectivity index (χ1v) is 11.2. The Morgan fingerprint density at radius 3 is 2.57 bits per heavy atom. The molecule has 0 saturated carbocycles. The van der Waals surface area contributed by atoms with E-state index in [2.05, 4.69) is 15.2 Å². The predicted molar refractivity (Wildman–Crippen MR) is 127 cm³/mol. The number of carbonyl (C=O) groups excluding carboxylic acids is 1. The fourth-order valence-electron chi connectivity index (χ4n) is 2.98. The Kier molecular flexibility index (Phi) is 11.0. The SMILES string of the molecule is CCOCC1CCN(C(=NCc2ccc(S(N)(=O)=O)cc2)NCC(=O)N(C)C)C1.I. The highest BCUT2D eigenvalue weighted by Crippen LogP contribution is 2.17. The Balaban J connectivity index is 0.00000450. The number of guanidine groups is 1. The highest BCUT2D eigenvalue weighted by atomic mass is 127. The van der Waals surface area contributed by atoms with E-state index in [4.69, 9.17) is 9.88 Å². The Morgan fingerprint density at radius 2 is 2.00 bits per heavy atom. The number of carbonyl (C=O) groups is 1. The number of primary sulfonamides is 1. The van der Waals surface area contributed by atoms with Gasteiger partial charge in [-0.05, 0) is 31.0 Å². The molecule has 1 unspecified atom stereocenters. The van der Waals surface area contributed by atoms with Crippen molar-refractivity contribution < 1.29 is 17.9 Å². The summed E-state index contributed by atoms with van der Waals surface area (Å²) in [5, 5.41) is 8.29. The number of aliphatic imine (C=N–C) groups is 1. The molecule has 2 rings (SSSR count). The minimum absolute atomic E-state index is 0. The summed E-state index contributed by atoms with van der Waals surface area (Å²) < 4.78 is 28.3. The van der Waals surface area contributed by atoms with Crippen LogP contribution in [0.5, 0.6) is 0 Å². The number of nitrogens with zero attached hydrogens (tertiary/aromatic N) is 3. The van der Waals surface area contributed by atoms with Crippen LogP contribution in [0.25, 0.3) is 0 Å². The molecule has 3 N–H and O–H groups in total. The molecule has 9 nitrogen and oxygen atoms in total. The largest absolute Gasteiger partial charge is 0.381 e. The van der Waals surface area contributed by atoms with Crippen LogP contribution in [0.2, 0.25) is 0 Å². The highest BCUT2D eigenvalue weighted by Gasteiger charge is 2.25. The predicted octanol–water partition coefficient (Wildman–Crippen LogP) is 0.844. The number of ether oxygens (including phenoxy) is 1. The fourth-order valence-corrected chi connectivity index (χ4v) is 3.49. The Hall–Kier alpha value is -1.44. The maximum absolute atomic E-state index is 12.0. The summed E-state index contributed by atoms with van der Waals surface area (Å²) in [6.45, 7) is 5.55. The third-order valence-electron chi connectivity index (χ3n) is 4.70. The number of sulfonamides is 1. The highest BCUT2D eigenvalue weighted by molar-refractivity contribution is 14.0. The zero-order chi connectivity index (χ0) is 21.4. The molecule has 1 aliphatic rings. The molecule has 1 fully saturated rings. The summed E-state index contributed by atoms with van der Waals surface area (Å²) in [5.74, 6) is 1.05. The van der Waals surface area contributed by atoms with Gasteiger partial charge in [-0.3, -0.25) is 4.79 Å². The van der Waals surface area contributed by atoms with Crippen molar-refractivity contribution in [1.82, 2.24) is 15.1 Å². The van der Waals surface area contributed by atoms with Gasteiger partial charge < -0.3 is 19.9 Å². The second kappa shape index (κ2) is 12.4. The third-order valence-corrected chi connectivity index (χ3v) is 5.63. The minimum atomic E-state index is -3.71. The summed E-state index contributed by atoms with van der Waals surface area (Å²) in [5.41, 5.74) is 0.848. The van der Waals surface area contributed by atoms with E-state index in [0.717, 1.165) is 25.1 Å². The lowest BCUT2D eigenvalue weighted by molar-refractivity contribution is -0.127. The van der Waals surface area contributed by atoms with Crippen LogP contribution >= 0.6 is 24.0 Å². The van der Waals surface area contributed by atoms with Crippen LogP contribution in [0.4, 0.5) is 0 Å². The lowest BCUT2D eigenvalue weighted by Crippen LogP contribution is -2.44. The van der Waals surface area contributed by atoms with E-state index in [1.54, 1.807) is 26.2 Å². The Labute approximate surface area is 196 Å². The van der Waals surface area contributed by atoms with E-state index in [9.17, 15) is 13.2 Å². The average molecular weight is 553 g/mol. The van der Waals surface area contributed by atoms with Crippen molar-refractivity contribution in [2.24, 2.45) is 16.0 Å². The number of likely N-dealkylation sites (N-methyl/N-ethyl adjacent to an activating group) is 1. The molecule has 0 aliphatic carbocycles. The second-order valence-corrected chi connectivity index (χ2v) is 8.79.